The molecule has 3 aromatic rings. The highest BCUT2D eigenvalue weighted by Crippen LogP contribution is 2.30. The molecular formula is C19H21N5O3. The molecule has 0 atom stereocenters. The van der Waals surface area contributed by atoms with Crippen LogP contribution in [0.1, 0.15) is 5.56 Å². The van der Waals surface area contributed by atoms with Crippen LogP contribution in [-0.2, 0) is 6.54 Å². The van der Waals surface area contributed by atoms with E-state index in [1.165, 1.54) is 6.20 Å². The minimum Gasteiger partial charge on any atom is -0.497 e. The van der Waals surface area contributed by atoms with Gasteiger partial charge in [0.25, 0.3) is 0 Å². The van der Waals surface area contributed by atoms with Crippen molar-refractivity contribution in [2.24, 2.45) is 0 Å². The summed E-state index contributed by atoms with van der Waals surface area (Å²) in [7, 11) is 4.86. The Labute approximate surface area is 157 Å². The van der Waals surface area contributed by atoms with Gasteiger partial charge in [-0.05, 0) is 29.8 Å². The van der Waals surface area contributed by atoms with Crippen molar-refractivity contribution < 1.29 is 14.2 Å². The fraction of sp³-hybridized carbons (Fsp3) is 0.211. The van der Waals surface area contributed by atoms with Crippen molar-refractivity contribution in [2.75, 3.05) is 32.0 Å². The molecule has 0 bridgehead atoms. The number of benzene rings is 2. The number of hydrogen-bond donors (Lipinski definition) is 2. The molecule has 1 heterocycles. The van der Waals surface area contributed by atoms with E-state index in [9.17, 15) is 0 Å². The molecule has 8 heteroatoms. The van der Waals surface area contributed by atoms with Gasteiger partial charge in [0.2, 0.25) is 5.95 Å². The fourth-order valence-corrected chi connectivity index (χ4v) is 2.41. The first-order valence-corrected chi connectivity index (χ1v) is 8.27. The second-order valence-electron chi connectivity index (χ2n) is 5.56. The Bertz CT molecular complexity index is 887. The van der Waals surface area contributed by atoms with E-state index < -0.39 is 0 Å². The van der Waals surface area contributed by atoms with Gasteiger partial charge in [0, 0.05) is 12.6 Å². The number of rotatable bonds is 8. The van der Waals surface area contributed by atoms with Crippen LogP contribution in [0.2, 0.25) is 0 Å². The monoisotopic (exact) mass is 367 g/mol. The number of hydrogen-bond acceptors (Lipinski definition) is 8. The third kappa shape index (κ3) is 4.75. The van der Waals surface area contributed by atoms with Gasteiger partial charge in [-0.15, -0.1) is 5.10 Å². The quantitative estimate of drug-likeness (QED) is 0.627. The Kier molecular flexibility index (Phi) is 5.88. The van der Waals surface area contributed by atoms with E-state index in [0.717, 1.165) is 17.0 Å². The van der Waals surface area contributed by atoms with Crippen molar-refractivity contribution in [3.05, 3.63) is 54.2 Å². The highest BCUT2D eigenvalue weighted by molar-refractivity contribution is 5.66. The van der Waals surface area contributed by atoms with Crippen molar-refractivity contribution in [2.45, 2.75) is 6.54 Å². The van der Waals surface area contributed by atoms with Gasteiger partial charge in [0.1, 0.15) is 17.2 Å². The van der Waals surface area contributed by atoms with Gasteiger partial charge in [-0.3, -0.25) is 0 Å². The predicted octanol–water partition coefficient (Wildman–Crippen LogP) is 3.25. The first kappa shape index (κ1) is 18.2. The van der Waals surface area contributed by atoms with Gasteiger partial charge < -0.3 is 24.8 Å². The van der Waals surface area contributed by atoms with Crippen molar-refractivity contribution in [1.29, 1.82) is 0 Å². The third-order valence-electron chi connectivity index (χ3n) is 3.84. The van der Waals surface area contributed by atoms with Crippen molar-refractivity contribution >= 4 is 17.5 Å². The molecule has 0 fully saturated rings. The normalized spacial score (nSPS) is 10.2. The molecule has 0 amide bonds. The van der Waals surface area contributed by atoms with Crippen LogP contribution < -0.4 is 24.8 Å². The van der Waals surface area contributed by atoms with Gasteiger partial charge in [-0.1, -0.05) is 12.1 Å². The number of anilines is 3. The minimum absolute atomic E-state index is 0.415. The van der Waals surface area contributed by atoms with Crippen molar-refractivity contribution in [3.8, 4) is 17.2 Å². The zero-order valence-electron chi connectivity index (χ0n) is 15.4. The molecule has 2 N–H and O–H groups in total. The highest BCUT2D eigenvalue weighted by Gasteiger charge is 2.08. The second-order valence-corrected chi connectivity index (χ2v) is 5.56. The van der Waals surface area contributed by atoms with E-state index in [-0.39, 0.29) is 0 Å². The second kappa shape index (κ2) is 8.70. The average Bonchev–Trinajstić information content (AvgIpc) is 2.73. The van der Waals surface area contributed by atoms with Crippen LogP contribution in [0.15, 0.2) is 48.7 Å². The van der Waals surface area contributed by atoms with E-state index in [2.05, 4.69) is 25.8 Å². The summed E-state index contributed by atoms with van der Waals surface area (Å²) in [5.74, 6) is 3.14. The summed E-state index contributed by atoms with van der Waals surface area (Å²) < 4.78 is 15.8. The zero-order valence-corrected chi connectivity index (χ0v) is 15.4. The van der Waals surface area contributed by atoms with Gasteiger partial charge in [-0.25, -0.2) is 0 Å². The van der Waals surface area contributed by atoms with Gasteiger partial charge in [0.05, 0.1) is 33.2 Å². The van der Waals surface area contributed by atoms with E-state index in [1.807, 2.05) is 42.5 Å². The Morgan fingerprint density at radius 3 is 2.33 bits per heavy atom. The van der Waals surface area contributed by atoms with E-state index in [0.29, 0.717) is 29.8 Å². The number of methoxy groups -OCH3 is 3. The summed E-state index contributed by atoms with van der Waals surface area (Å²) in [6.45, 7) is 0.567. The van der Waals surface area contributed by atoms with E-state index >= 15 is 0 Å². The molecule has 27 heavy (non-hydrogen) atoms. The Morgan fingerprint density at radius 1 is 0.889 bits per heavy atom. The lowest BCUT2D eigenvalue weighted by Crippen LogP contribution is -2.06. The summed E-state index contributed by atoms with van der Waals surface area (Å²) in [5.41, 5.74) is 1.80. The van der Waals surface area contributed by atoms with Crippen LogP contribution in [0.4, 0.5) is 17.5 Å². The molecule has 3 rings (SSSR count). The Hall–Kier alpha value is -3.55. The molecule has 0 unspecified atom stereocenters. The summed E-state index contributed by atoms with van der Waals surface area (Å²) in [4.78, 5) is 4.43. The maximum absolute atomic E-state index is 5.36. The zero-order chi connectivity index (χ0) is 19.1. The molecule has 8 nitrogen and oxygen atoms in total. The van der Waals surface area contributed by atoms with E-state index in [1.54, 1.807) is 21.3 Å². The molecule has 0 saturated heterocycles. The van der Waals surface area contributed by atoms with Gasteiger partial charge in [-0.2, -0.15) is 10.1 Å². The summed E-state index contributed by atoms with van der Waals surface area (Å²) in [6.07, 6.45) is 1.54. The van der Waals surface area contributed by atoms with Crippen molar-refractivity contribution in [1.82, 2.24) is 15.2 Å². The maximum atomic E-state index is 5.36. The third-order valence-corrected chi connectivity index (χ3v) is 3.84. The van der Waals surface area contributed by atoms with Gasteiger partial charge in [0.15, 0.2) is 5.82 Å². The van der Waals surface area contributed by atoms with Crippen LogP contribution in [0.3, 0.4) is 0 Å². The molecule has 0 aliphatic carbocycles. The smallest absolute Gasteiger partial charge is 0.244 e. The summed E-state index contributed by atoms with van der Waals surface area (Å²) in [6, 6.07) is 13.2. The predicted molar refractivity (Wildman–Crippen MR) is 103 cm³/mol. The standard InChI is InChI=1S/C19H21N5O3/c1-25-14-6-4-13(5-7-14)11-20-19-23-18(12-21-24-19)22-16-10-15(26-2)8-9-17(16)27-3/h4-10,12H,11H2,1-3H3,(H2,20,22,23,24). The minimum atomic E-state index is 0.415. The molecule has 1 aromatic heterocycles. The Balaban J connectivity index is 1.70. The lowest BCUT2D eigenvalue weighted by atomic mass is 10.2. The summed E-state index contributed by atoms with van der Waals surface area (Å²) >= 11 is 0. The molecule has 0 aliphatic heterocycles. The molecule has 0 aliphatic rings. The van der Waals surface area contributed by atoms with Crippen LogP contribution in [0.25, 0.3) is 0 Å². The number of aromatic nitrogens is 3. The van der Waals surface area contributed by atoms with Crippen LogP contribution in [0.5, 0.6) is 17.2 Å². The maximum Gasteiger partial charge on any atom is 0.244 e. The molecule has 2 aromatic carbocycles. The SMILES string of the molecule is COc1ccc(CNc2nncc(Nc3cc(OC)ccc3OC)n2)cc1. The first-order valence-electron chi connectivity index (χ1n) is 8.27. The number of ether oxygens (including phenoxy) is 3. The summed E-state index contributed by atoms with van der Waals surface area (Å²) in [5, 5.41) is 14.3. The largest absolute Gasteiger partial charge is 0.497 e. The van der Waals surface area contributed by atoms with Crippen molar-refractivity contribution in [3.63, 3.8) is 0 Å². The number of nitrogens with one attached hydrogen (secondary N) is 2. The van der Waals surface area contributed by atoms with Gasteiger partial charge >= 0.3 is 0 Å². The number of nitrogens with zero attached hydrogens (tertiary/aromatic N) is 3. The lowest BCUT2D eigenvalue weighted by Gasteiger charge is -2.12. The van der Waals surface area contributed by atoms with Crippen LogP contribution >= 0.6 is 0 Å². The van der Waals surface area contributed by atoms with Crippen LogP contribution in [0, 0.1) is 0 Å². The molecule has 0 saturated carbocycles. The fourth-order valence-electron chi connectivity index (χ4n) is 2.41. The topological polar surface area (TPSA) is 90.4 Å². The molecule has 0 radical (unpaired) electrons. The molecule has 140 valence electrons. The highest BCUT2D eigenvalue weighted by atomic mass is 16.5. The molecule has 0 spiro atoms. The van der Waals surface area contributed by atoms with Crippen LogP contribution in [-0.4, -0.2) is 36.5 Å². The lowest BCUT2D eigenvalue weighted by molar-refractivity contribution is 0.405. The average molecular weight is 367 g/mol. The first-order chi connectivity index (χ1) is 13.2. The molecular weight excluding hydrogens is 346 g/mol. The van der Waals surface area contributed by atoms with E-state index in [4.69, 9.17) is 14.2 Å². The Morgan fingerprint density at radius 2 is 1.63 bits per heavy atom.